The van der Waals surface area contributed by atoms with Crippen LogP contribution in [-0.4, -0.2) is 23.5 Å². The fourth-order valence-electron chi connectivity index (χ4n) is 3.01. The van der Waals surface area contributed by atoms with Crippen molar-refractivity contribution in [3.05, 3.63) is 0 Å². The van der Waals surface area contributed by atoms with Gasteiger partial charge >= 0.3 is 9.28 Å². The molecule has 1 saturated carbocycles. The highest BCUT2D eigenvalue weighted by molar-refractivity contribution is 6.46. The van der Waals surface area contributed by atoms with Crippen molar-refractivity contribution < 1.29 is 8.85 Å². The summed E-state index contributed by atoms with van der Waals surface area (Å²) in [5, 5.41) is 0. The van der Waals surface area contributed by atoms with Crippen molar-refractivity contribution in [1.29, 1.82) is 0 Å². The summed E-state index contributed by atoms with van der Waals surface area (Å²) in [5.74, 6) is 1.56. The molecule has 0 aromatic rings. The summed E-state index contributed by atoms with van der Waals surface area (Å²) >= 11 is 0. The number of hydrogen-bond donors (Lipinski definition) is 0. The first-order valence-corrected chi connectivity index (χ1v) is 7.87. The van der Waals surface area contributed by atoms with Crippen molar-refractivity contribution >= 4 is 9.28 Å². The lowest BCUT2D eigenvalue weighted by Gasteiger charge is -2.35. The Morgan fingerprint density at radius 2 is 1.53 bits per heavy atom. The second kappa shape index (κ2) is 6.66. The molecule has 0 heterocycles. The highest BCUT2D eigenvalue weighted by Crippen LogP contribution is 2.39. The maximum atomic E-state index is 5.59. The molecule has 0 aliphatic heterocycles. The highest BCUT2D eigenvalue weighted by atomic mass is 28.3. The Morgan fingerprint density at radius 1 is 1.00 bits per heavy atom. The van der Waals surface area contributed by atoms with Crippen molar-refractivity contribution in [2.75, 3.05) is 14.2 Å². The smallest absolute Gasteiger partial charge is 0.324 e. The van der Waals surface area contributed by atoms with E-state index in [1.165, 1.54) is 32.1 Å². The van der Waals surface area contributed by atoms with E-state index in [1.807, 2.05) is 14.2 Å². The van der Waals surface area contributed by atoms with Crippen molar-refractivity contribution in [3.8, 4) is 0 Å². The van der Waals surface area contributed by atoms with E-state index in [9.17, 15) is 0 Å². The lowest BCUT2D eigenvalue weighted by Crippen LogP contribution is -2.35. The van der Waals surface area contributed by atoms with Crippen molar-refractivity contribution in [2.45, 2.75) is 51.5 Å². The zero-order valence-corrected chi connectivity index (χ0v) is 11.8. The number of hydrogen-bond acceptors (Lipinski definition) is 2. The Morgan fingerprint density at radius 3 is 1.93 bits per heavy atom. The van der Waals surface area contributed by atoms with Crippen LogP contribution < -0.4 is 0 Å². The molecule has 1 atom stereocenters. The van der Waals surface area contributed by atoms with Crippen molar-refractivity contribution in [2.24, 2.45) is 11.8 Å². The third-order valence-corrected chi connectivity index (χ3v) is 6.61. The van der Waals surface area contributed by atoms with Crippen LogP contribution in [-0.2, 0) is 8.85 Å². The van der Waals surface area contributed by atoms with Crippen LogP contribution in [0, 0.1) is 11.8 Å². The summed E-state index contributed by atoms with van der Waals surface area (Å²) in [5.41, 5.74) is 0.695. The van der Waals surface area contributed by atoms with Crippen LogP contribution >= 0.6 is 0 Å². The summed E-state index contributed by atoms with van der Waals surface area (Å²) in [4.78, 5) is 0. The molecule has 1 aliphatic carbocycles. The van der Waals surface area contributed by atoms with Crippen LogP contribution in [0.2, 0.25) is 5.54 Å². The molecule has 0 saturated heterocycles. The van der Waals surface area contributed by atoms with E-state index < -0.39 is 9.28 Å². The lowest BCUT2D eigenvalue weighted by molar-refractivity contribution is 0.210. The van der Waals surface area contributed by atoms with E-state index in [4.69, 9.17) is 8.85 Å². The standard InChI is InChI=1S/C12H26O2Si/c1-10(2)12(15(13-3)14-4)11-8-6-5-7-9-11/h10-12,15H,5-9H2,1-4H3. The van der Waals surface area contributed by atoms with Gasteiger partial charge in [-0.05, 0) is 11.8 Å². The van der Waals surface area contributed by atoms with E-state index in [2.05, 4.69) is 13.8 Å². The van der Waals surface area contributed by atoms with E-state index in [0.29, 0.717) is 11.5 Å². The third kappa shape index (κ3) is 3.57. The molecule has 1 unspecified atom stereocenters. The first-order valence-electron chi connectivity index (χ1n) is 6.26. The predicted octanol–water partition coefficient (Wildman–Crippen LogP) is 3.11. The van der Waals surface area contributed by atoms with E-state index >= 15 is 0 Å². The average molecular weight is 230 g/mol. The van der Waals surface area contributed by atoms with Gasteiger partial charge in [-0.15, -0.1) is 0 Å². The SMILES string of the molecule is CO[SiH](OC)C(C(C)C)C1CCCCC1. The van der Waals surface area contributed by atoms with Crippen LogP contribution in [0.4, 0.5) is 0 Å². The molecule has 90 valence electrons. The fraction of sp³-hybridized carbons (Fsp3) is 1.00. The van der Waals surface area contributed by atoms with Crippen LogP contribution in [0.5, 0.6) is 0 Å². The van der Waals surface area contributed by atoms with Gasteiger partial charge in [0.1, 0.15) is 0 Å². The Balaban J connectivity index is 2.62. The van der Waals surface area contributed by atoms with Crippen molar-refractivity contribution in [3.63, 3.8) is 0 Å². The van der Waals surface area contributed by atoms with Crippen LogP contribution in [0.3, 0.4) is 0 Å². The molecular formula is C12H26O2Si. The summed E-state index contributed by atoms with van der Waals surface area (Å²) in [6, 6.07) is 0. The molecule has 0 N–H and O–H groups in total. The molecule has 3 heteroatoms. The second-order valence-electron chi connectivity index (χ2n) is 5.06. The monoisotopic (exact) mass is 230 g/mol. The Hall–Kier alpha value is 0.137. The van der Waals surface area contributed by atoms with Gasteiger partial charge < -0.3 is 8.85 Å². The molecule has 0 aromatic carbocycles. The van der Waals surface area contributed by atoms with Gasteiger partial charge in [-0.3, -0.25) is 0 Å². The largest absolute Gasteiger partial charge is 0.400 e. The fourth-order valence-corrected chi connectivity index (χ4v) is 5.29. The minimum atomic E-state index is -1.44. The first kappa shape index (κ1) is 13.2. The summed E-state index contributed by atoms with van der Waals surface area (Å²) < 4.78 is 11.2. The van der Waals surface area contributed by atoms with Gasteiger partial charge in [0.2, 0.25) is 0 Å². The minimum Gasteiger partial charge on any atom is -0.400 e. The van der Waals surface area contributed by atoms with Gasteiger partial charge in [0.15, 0.2) is 0 Å². The van der Waals surface area contributed by atoms with Crippen LogP contribution in [0.1, 0.15) is 46.0 Å². The zero-order valence-electron chi connectivity index (χ0n) is 10.7. The maximum absolute atomic E-state index is 5.59. The van der Waals surface area contributed by atoms with Crippen LogP contribution in [0.15, 0.2) is 0 Å². The van der Waals surface area contributed by atoms with Gasteiger partial charge in [-0.25, -0.2) is 0 Å². The first-order chi connectivity index (χ1) is 7.20. The Labute approximate surface area is 96.2 Å². The molecule has 0 amide bonds. The molecule has 0 radical (unpaired) electrons. The van der Waals surface area contributed by atoms with E-state index in [0.717, 1.165) is 5.92 Å². The van der Waals surface area contributed by atoms with Gasteiger partial charge in [-0.2, -0.15) is 0 Å². The van der Waals surface area contributed by atoms with Crippen LogP contribution in [0.25, 0.3) is 0 Å². The molecule has 0 spiro atoms. The summed E-state index contributed by atoms with van der Waals surface area (Å²) in [6.07, 6.45) is 7.01. The quantitative estimate of drug-likeness (QED) is 0.676. The van der Waals surface area contributed by atoms with E-state index in [-0.39, 0.29) is 0 Å². The van der Waals surface area contributed by atoms with E-state index in [1.54, 1.807) is 0 Å². The molecular weight excluding hydrogens is 204 g/mol. The molecule has 1 fully saturated rings. The highest BCUT2D eigenvalue weighted by Gasteiger charge is 2.35. The molecule has 1 rings (SSSR count). The third-order valence-electron chi connectivity index (χ3n) is 3.74. The normalized spacial score (nSPS) is 21.2. The van der Waals surface area contributed by atoms with Crippen molar-refractivity contribution in [1.82, 2.24) is 0 Å². The Bertz CT molecular complexity index is 163. The minimum absolute atomic E-state index is 0.695. The van der Waals surface area contributed by atoms with Gasteiger partial charge in [0, 0.05) is 19.8 Å². The molecule has 0 aromatic heterocycles. The number of rotatable bonds is 5. The van der Waals surface area contributed by atoms with Gasteiger partial charge in [0.05, 0.1) is 0 Å². The predicted molar refractivity (Wildman–Crippen MR) is 66.3 cm³/mol. The molecule has 1 aliphatic rings. The second-order valence-corrected chi connectivity index (χ2v) is 7.51. The molecule has 0 bridgehead atoms. The molecule has 2 nitrogen and oxygen atoms in total. The summed E-state index contributed by atoms with van der Waals surface area (Å²) in [6.45, 7) is 4.63. The maximum Gasteiger partial charge on any atom is 0.324 e. The molecule has 15 heavy (non-hydrogen) atoms. The topological polar surface area (TPSA) is 18.5 Å². The lowest BCUT2D eigenvalue weighted by atomic mass is 9.83. The Kier molecular flexibility index (Phi) is 5.86. The van der Waals surface area contributed by atoms with Gasteiger partial charge in [-0.1, -0.05) is 46.0 Å². The summed E-state index contributed by atoms with van der Waals surface area (Å²) in [7, 11) is 2.20. The average Bonchev–Trinajstić information content (AvgIpc) is 2.26. The van der Waals surface area contributed by atoms with Gasteiger partial charge in [0.25, 0.3) is 0 Å². The zero-order chi connectivity index (χ0) is 11.3.